The maximum atomic E-state index is 12.5. The van der Waals surface area contributed by atoms with Crippen molar-refractivity contribution in [3.8, 4) is 0 Å². The Morgan fingerprint density at radius 1 is 1.57 bits per heavy atom. The number of benzene rings is 1. The van der Waals surface area contributed by atoms with Crippen LogP contribution in [0.5, 0.6) is 0 Å². The molecule has 0 aromatic heterocycles. The minimum absolute atomic E-state index is 0.0283. The van der Waals surface area contributed by atoms with E-state index in [1.165, 1.54) is 26.3 Å². The minimum Gasteiger partial charge on any atom is -0.389 e. The van der Waals surface area contributed by atoms with Crippen molar-refractivity contribution in [2.75, 3.05) is 27.3 Å². The molecule has 0 amide bonds. The van der Waals surface area contributed by atoms with Crippen LogP contribution in [0.3, 0.4) is 0 Å². The fraction of sp³-hybridized carbons (Fsp3) is 0.417. The highest BCUT2D eigenvalue weighted by Crippen LogP contribution is 2.25. The van der Waals surface area contributed by atoms with E-state index in [0.29, 0.717) is 5.56 Å². The van der Waals surface area contributed by atoms with Gasteiger partial charge in [-0.25, -0.2) is 8.42 Å². The third-order valence-corrected chi connectivity index (χ3v) is 5.27. The highest BCUT2D eigenvalue weighted by atomic mass is 35.5. The van der Waals surface area contributed by atoms with E-state index < -0.39 is 16.1 Å². The number of nitrogens with zero attached hydrogens (tertiary/aromatic N) is 1. The first-order chi connectivity index (χ1) is 9.70. The second-order valence-corrected chi connectivity index (χ2v) is 7.26. The molecule has 0 saturated heterocycles. The van der Waals surface area contributed by atoms with Crippen molar-refractivity contribution in [2.45, 2.75) is 11.0 Å². The number of likely N-dealkylation sites (N-methyl/N-ethyl adjacent to an activating group) is 1. The lowest BCUT2D eigenvalue weighted by Crippen LogP contribution is -2.36. The van der Waals surface area contributed by atoms with E-state index in [2.05, 4.69) is 0 Å². The Balaban J connectivity index is 3.12. The molecule has 0 radical (unpaired) electrons. The molecule has 0 heterocycles. The number of thiocarbonyl (C=S) groups is 1. The SMILES string of the molecule is COCC(O)CN(C)S(=O)(=O)c1cc(C(N)=S)ccc1Cl. The van der Waals surface area contributed by atoms with Gasteiger partial charge >= 0.3 is 0 Å². The number of hydrogen-bond donors (Lipinski definition) is 2. The molecule has 1 aromatic rings. The van der Waals surface area contributed by atoms with Gasteiger partial charge in [-0.2, -0.15) is 4.31 Å². The third kappa shape index (κ3) is 4.60. The summed E-state index contributed by atoms with van der Waals surface area (Å²) in [6, 6.07) is 4.28. The second-order valence-electron chi connectivity index (χ2n) is 4.40. The Labute approximate surface area is 134 Å². The lowest BCUT2D eigenvalue weighted by molar-refractivity contribution is 0.0554. The van der Waals surface area contributed by atoms with Gasteiger partial charge in [0, 0.05) is 26.3 Å². The zero-order valence-corrected chi connectivity index (χ0v) is 14.0. The molecule has 1 rings (SSSR count). The van der Waals surface area contributed by atoms with Crippen LogP contribution in [0.25, 0.3) is 0 Å². The Morgan fingerprint density at radius 2 is 2.19 bits per heavy atom. The van der Waals surface area contributed by atoms with Crippen LogP contribution in [-0.4, -0.2) is 56.2 Å². The zero-order chi connectivity index (χ0) is 16.2. The molecule has 21 heavy (non-hydrogen) atoms. The fourth-order valence-electron chi connectivity index (χ4n) is 1.66. The minimum atomic E-state index is -3.87. The van der Waals surface area contributed by atoms with Crippen LogP contribution in [0.2, 0.25) is 5.02 Å². The first-order valence-electron chi connectivity index (χ1n) is 5.92. The molecule has 3 N–H and O–H groups in total. The van der Waals surface area contributed by atoms with E-state index in [1.807, 2.05) is 0 Å². The van der Waals surface area contributed by atoms with Gasteiger partial charge < -0.3 is 15.6 Å². The highest BCUT2D eigenvalue weighted by molar-refractivity contribution is 7.89. The van der Waals surface area contributed by atoms with E-state index in [-0.39, 0.29) is 28.1 Å². The summed E-state index contributed by atoms with van der Waals surface area (Å²) in [6.07, 6.45) is -0.938. The van der Waals surface area contributed by atoms with Crippen LogP contribution in [0.15, 0.2) is 23.1 Å². The number of sulfonamides is 1. The molecule has 0 spiro atoms. The summed E-state index contributed by atoms with van der Waals surface area (Å²) in [5.41, 5.74) is 5.90. The third-order valence-electron chi connectivity index (χ3n) is 2.73. The van der Waals surface area contributed by atoms with Crippen molar-refractivity contribution in [2.24, 2.45) is 5.73 Å². The molecule has 0 saturated carbocycles. The van der Waals surface area contributed by atoms with Crippen LogP contribution in [0.4, 0.5) is 0 Å². The number of halogens is 1. The van der Waals surface area contributed by atoms with Gasteiger partial charge in [0.15, 0.2) is 0 Å². The number of hydrogen-bond acceptors (Lipinski definition) is 5. The Kier molecular flexibility index (Phi) is 6.51. The largest absolute Gasteiger partial charge is 0.389 e. The predicted molar refractivity (Wildman–Crippen MR) is 85.0 cm³/mol. The van der Waals surface area contributed by atoms with Crippen molar-refractivity contribution in [1.29, 1.82) is 0 Å². The summed E-state index contributed by atoms with van der Waals surface area (Å²) in [4.78, 5) is -0.0354. The number of ether oxygens (including phenoxy) is 1. The average Bonchev–Trinajstić information content (AvgIpc) is 2.38. The quantitative estimate of drug-likeness (QED) is 0.698. The Hall–Kier alpha value is -0.770. The number of aliphatic hydroxyl groups excluding tert-OH is 1. The van der Waals surface area contributed by atoms with Gasteiger partial charge in [0.05, 0.1) is 17.7 Å². The molecular weight excluding hydrogens is 336 g/mol. The van der Waals surface area contributed by atoms with Crippen molar-refractivity contribution < 1.29 is 18.3 Å². The van der Waals surface area contributed by atoms with Crippen LogP contribution in [-0.2, 0) is 14.8 Å². The van der Waals surface area contributed by atoms with Crippen LogP contribution in [0.1, 0.15) is 5.56 Å². The summed E-state index contributed by atoms with van der Waals surface area (Å²) in [5, 5.41) is 9.70. The van der Waals surface area contributed by atoms with Gasteiger partial charge in [-0.3, -0.25) is 0 Å². The van der Waals surface area contributed by atoms with Gasteiger partial charge in [-0.05, 0) is 12.1 Å². The Morgan fingerprint density at radius 3 is 2.71 bits per heavy atom. The topological polar surface area (TPSA) is 92.9 Å². The maximum absolute atomic E-state index is 12.5. The molecule has 1 aromatic carbocycles. The van der Waals surface area contributed by atoms with Crippen LogP contribution >= 0.6 is 23.8 Å². The molecule has 0 bridgehead atoms. The van der Waals surface area contributed by atoms with Gasteiger partial charge in [0.1, 0.15) is 9.88 Å². The van der Waals surface area contributed by atoms with E-state index in [0.717, 1.165) is 4.31 Å². The Bertz CT molecular complexity index is 622. The number of rotatable bonds is 7. The lowest BCUT2D eigenvalue weighted by Gasteiger charge is -2.21. The summed E-state index contributed by atoms with van der Waals surface area (Å²) in [6.45, 7) is -0.0929. The molecule has 1 unspecified atom stereocenters. The van der Waals surface area contributed by atoms with E-state index in [9.17, 15) is 13.5 Å². The van der Waals surface area contributed by atoms with Gasteiger partial charge in [-0.15, -0.1) is 0 Å². The molecule has 0 aliphatic rings. The second kappa shape index (κ2) is 7.48. The first-order valence-corrected chi connectivity index (χ1v) is 8.15. The van der Waals surface area contributed by atoms with E-state index in [1.54, 1.807) is 6.07 Å². The highest BCUT2D eigenvalue weighted by Gasteiger charge is 2.26. The van der Waals surface area contributed by atoms with Crippen LogP contribution in [0, 0.1) is 0 Å². The van der Waals surface area contributed by atoms with Gasteiger partial charge in [-0.1, -0.05) is 29.9 Å². The van der Waals surface area contributed by atoms with E-state index >= 15 is 0 Å². The smallest absolute Gasteiger partial charge is 0.244 e. The summed E-state index contributed by atoms with van der Waals surface area (Å²) in [5.74, 6) is 0. The standard InChI is InChI=1S/C12H17ClN2O4S2/c1-15(6-9(16)7-19-2)21(17,18)11-5-8(12(14)20)3-4-10(11)13/h3-5,9,16H,6-7H2,1-2H3,(H2,14,20). The van der Waals surface area contributed by atoms with Crippen molar-refractivity contribution >= 4 is 38.8 Å². The summed E-state index contributed by atoms with van der Waals surface area (Å²) in [7, 11) is -1.11. The first kappa shape index (κ1) is 18.3. The number of methoxy groups -OCH3 is 1. The average molecular weight is 353 g/mol. The van der Waals surface area contributed by atoms with Crippen LogP contribution < -0.4 is 5.73 Å². The van der Waals surface area contributed by atoms with Crippen molar-refractivity contribution in [3.63, 3.8) is 0 Å². The zero-order valence-electron chi connectivity index (χ0n) is 11.6. The maximum Gasteiger partial charge on any atom is 0.244 e. The van der Waals surface area contributed by atoms with Gasteiger partial charge in [0.2, 0.25) is 10.0 Å². The molecule has 1 atom stereocenters. The van der Waals surface area contributed by atoms with E-state index in [4.69, 9.17) is 34.3 Å². The molecule has 0 fully saturated rings. The fourth-order valence-corrected chi connectivity index (χ4v) is 3.49. The lowest BCUT2D eigenvalue weighted by atomic mass is 10.2. The monoisotopic (exact) mass is 352 g/mol. The molecule has 9 heteroatoms. The molecular formula is C12H17ClN2O4S2. The van der Waals surface area contributed by atoms with Crippen molar-refractivity contribution in [3.05, 3.63) is 28.8 Å². The summed E-state index contributed by atoms with van der Waals surface area (Å²) < 4.78 is 30.7. The normalized spacial score (nSPS) is 13.4. The molecule has 6 nitrogen and oxygen atoms in total. The molecule has 118 valence electrons. The summed E-state index contributed by atoms with van der Waals surface area (Å²) >= 11 is 10.8. The number of aliphatic hydroxyl groups is 1. The van der Waals surface area contributed by atoms with Crippen molar-refractivity contribution in [1.82, 2.24) is 4.31 Å². The van der Waals surface area contributed by atoms with Gasteiger partial charge in [0.25, 0.3) is 0 Å². The number of nitrogens with two attached hydrogens (primary N) is 1. The molecule has 0 aliphatic carbocycles. The predicted octanol–water partition coefficient (Wildman–Crippen LogP) is 0.602. The molecule has 0 aliphatic heterocycles.